The second kappa shape index (κ2) is 13.2. The molecule has 11 heteroatoms. The van der Waals surface area contributed by atoms with Gasteiger partial charge in [-0.05, 0) is 70.5 Å². The molecule has 0 unspecified atom stereocenters. The van der Waals surface area contributed by atoms with Gasteiger partial charge in [0.2, 0.25) is 6.10 Å². The second-order valence-electron chi connectivity index (χ2n) is 13.8. The lowest BCUT2D eigenvalue weighted by Crippen LogP contribution is -2.44. The molecule has 1 fully saturated rings. The predicted molar refractivity (Wildman–Crippen MR) is 171 cm³/mol. The Hall–Kier alpha value is -3.60. The number of carbonyl (C=O) groups excluding carboxylic acids is 4. The largest absolute Gasteiger partial charge is 0.543 e. The maximum Gasteiger partial charge on any atom is 0.509 e. The number of rotatable bonds is 4. The average Bonchev–Trinajstić information content (AvgIpc) is 3.25. The third-order valence-electron chi connectivity index (χ3n) is 8.09. The molecule has 1 saturated heterocycles. The Morgan fingerprint density at radius 2 is 1.66 bits per heavy atom. The van der Waals surface area contributed by atoms with Crippen LogP contribution in [0.2, 0.25) is 18.1 Å². The van der Waals surface area contributed by atoms with E-state index in [0.29, 0.717) is 23.5 Å². The van der Waals surface area contributed by atoms with E-state index in [9.17, 15) is 19.2 Å². The summed E-state index contributed by atoms with van der Waals surface area (Å²) in [6, 6.07) is 3.40. The van der Waals surface area contributed by atoms with Crippen LogP contribution in [0.1, 0.15) is 84.7 Å². The van der Waals surface area contributed by atoms with Crippen LogP contribution in [0.15, 0.2) is 30.4 Å². The number of ketones is 1. The van der Waals surface area contributed by atoms with Crippen LogP contribution in [0.5, 0.6) is 5.75 Å². The Bertz CT molecular complexity index is 1340. The SMILES string of the molecule is CCN(C(=O)OC(C)(C)C)c1cc2c(c(O[Si](C)(C)C(C)(C)C)c1)C(=O)O[C@@H](C)[C@H](C)/C=C\C(=O)[C@H]1OC(=O)O[C@H]1CC=C2. The van der Waals surface area contributed by atoms with Crippen LogP contribution in [-0.2, 0) is 23.7 Å². The van der Waals surface area contributed by atoms with Crippen molar-refractivity contribution in [2.45, 2.75) is 111 Å². The van der Waals surface area contributed by atoms with E-state index in [1.165, 1.54) is 11.0 Å². The van der Waals surface area contributed by atoms with Crippen LogP contribution in [0.3, 0.4) is 0 Å². The zero-order valence-corrected chi connectivity index (χ0v) is 28.8. The lowest BCUT2D eigenvalue weighted by Gasteiger charge is -2.37. The first kappa shape index (κ1) is 34.9. The van der Waals surface area contributed by atoms with E-state index in [0.717, 1.165) is 0 Å². The summed E-state index contributed by atoms with van der Waals surface area (Å²) in [4.78, 5) is 53.5. The molecule has 44 heavy (non-hydrogen) atoms. The van der Waals surface area contributed by atoms with Crippen molar-refractivity contribution in [1.82, 2.24) is 0 Å². The number of hydrogen-bond donors (Lipinski definition) is 0. The summed E-state index contributed by atoms with van der Waals surface area (Å²) in [5.74, 6) is -1.06. The summed E-state index contributed by atoms with van der Waals surface area (Å²) in [5, 5.41) is -0.201. The number of anilines is 1. The molecule has 1 aromatic rings. The molecular formula is C33H47NO9Si. The quantitative estimate of drug-likeness (QED) is 0.190. The monoisotopic (exact) mass is 629 g/mol. The molecule has 2 aliphatic rings. The van der Waals surface area contributed by atoms with Crippen molar-refractivity contribution < 1.29 is 42.6 Å². The van der Waals surface area contributed by atoms with Crippen molar-refractivity contribution in [1.29, 1.82) is 0 Å². The Kier molecular flexibility index (Phi) is 10.4. The molecule has 3 rings (SSSR count). The number of cyclic esters (lactones) is 1. The number of fused-ring (bicyclic) bond motifs is 2. The van der Waals surface area contributed by atoms with Crippen molar-refractivity contribution in [3.05, 3.63) is 41.5 Å². The predicted octanol–water partition coefficient (Wildman–Crippen LogP) is 7.46. The maximum atomic E-state index is 13.9. The summed E-state index contributed by atoms with van der Waals surface area (Å²) >= 11 is 0. The van der Waals surface area contributed by atoms with Crippen LogP contribution in [0.4, 0.5) is 15.3 Å². The van der Waals surface area contributed by atoms with E-state index in [1.807, 2.05) is 13.8 Å². The molecule has 4 atom stereocenters. The molecule has 242 valence electrons. The molecule has 2 heterocycles. The first-order valence-electron chi connectivity index (χ1n) is 15.1. The smallest absolute Gasteiger partial charge is 0.509 e. The number of nitrogens with zero attached hydrogens (tertiary/aromatic N) is 1. The first-order valence-corrected chi connectivity index (χ1v) is 18.0. The fourth-order valence-corrected chi connectivity index (χ4v) is 5.36. The van der Waals surface area contributed by atoms with Gasteiger partial charge >= 0.3 is 18.2 Å². The van der Waals surface area contributed by atoms with Crippen molar-refractivity contribution in [2.24, 2.45) is 5.92 Å². The minimum absolute atomic E-state index is 0.142. The lowest BCUT2D eigenvalue weighted by molar-refractivity contribution is -0.122. The van der Waals surface area contributed by atoms with Crippen LogP contribution < -0.4 is 9.33 Å². The van der Waals surface area contributed by atoms with Crippen molar-refractivity contribution in [2.75, 3.05) is 11.4 Å². The lowest BCUT2D eigenvalue weighted by atomic mass is 9.99. The molecule has 0 bridgehead atoms. The molecule has 1 amide bonds. The highest BCUT2D eigenvalue weighted by atomic mass is 28.4. The summed E-state index contributed by atoms with van der Waals surface area (Å²) in [5.41, 5.74) is 0.394. The molecule has 10 nitrogen and oxygen atoms in total. The van der Waals surface area contributed by atoms with Crippen LogP contribution in [0.25, 0.3) is 6.08 Å². The van der Waals surface area contributed by atoms with Gasteiger partial charge in [0.1, 0.15) is 23.0 Å². The molecule has 0 saturated carbocycles. The van der Waals surface area contributed by atoms with E-state index in [4.69, 9.17) is 23.4 Å². The van der Waals surface area contributed by atoms with Gasteiger partial charge in [-0.25, -0.2) is 14.4 Å². The normalized spacial score (nSPS) is 23.8. The molecule has 0 aromatic heterocycles. The van der Waals surface area contributed by atoms with Crippen LogP contribution in [0, 0.1) is 5.92 Å². The van der Waals surface area contributed by atoms with Crippen molar-refractivity contribution in [3.8, 4) is 5.75 Å². The van der Waals surface area contributed by atoms with Gasteiger partial charge in [0, 0.05) is 24.9 Å². The van der Waals surface area contributed by atoms with Gasteiger partial charge in [-0.2, -0.15) is 0 Å². The average molecular weight is 630 g/mol. The Labute approximate surface area is 261 Å². The highest BCUT2D eigenvalue weighted by Crippen LogP contribution is 2.41. The van der Waals surface area contributed by atoms with E-state index in [-0.39, 0.29) is 22.9 Å². The van der Waals surface area contributed by atoms with Gasteiger partial charge in [-0.1, -0.05) is 45.9 Å². The van der Waals surface area contributed by atoms with Crippen LogP contribution in [-0.4, -0.2) is 62.8 Å². The zero-order valence-electron chi connectivity index (χ0n) is 27.8. The molecule has 2 aliphatic heterocycles. The van der Waals surface area contributed by atoms with Crippen molar-refractivity contribution >= 4 is 44.1 Å². The Morgan fingerprint density at radius 1 is 1.00 bits per heavy atom. The first-order chi connectivity index (χ1) is 20.2. The number of carbonyl (C=O) groups is 4. The van der Waals surface area contributed by atoms with Gasteiger partial charge in [0.15, 0.2) is 11.9 Å². The fraction of sp³-hybridized carbons (Fsp3) is 0.576. The van der Waals surface area contributed by atoms with Gasteiger partial charge < -0.3 is 23.4 Å². The number of amides is 1. The molecule has 0 spiro atoms. The molecule has 1 aromatic carbocycles. The standard InChI is InChI=1S/C33H47NO9Si/c1-12-34(30(37)42-32(4,5)6)23-18-22-14-13-15-25-28(41-31(38)40-25)24(35)17-16-20(2)21(3)39-29(36)27(22)26(19-23)43-44(10,11)33(7,8)9/h13-14,16-21,25,28H,12,15H2,1-11H3/b14-13?,17-16-/t20-,21+,25+,28-/m1/s1. The number of ether oxygens (including phenoxy) is 4. The minimum atomic E-state index is -2.50. The second-order valence-corrected chi connectivity index (χ2v) is 18.5. The third kappa shape index (κ3) is 8.31. The topological polar surface area (TPSA) is 118 Å². The van der Waals surface area contributed by atoms with E-state index >= 15 is 0 Å². The minimum Gasteiger partial charge on any atom is -0.543 e. The van der Waals surface area contributed by atoms with Gasteiger partial charge in [0.25, 0.3) is 8.32 Å². The Balaban J connectivity index is 2.26. The Morgan fingerprint density at radius 3 is 2.25 bits per heavy atom. The fourth-order valence-electron chi connectivity index (χ4n) is 4.34. The summed E-state index contributed by atoms with van der Waals surface area (Å²) in [6.45, 7) is 21.5. The molecule has 0 aliphatic carbocycles. The highest BCUT2D eigenvalue weighted by Gasteiger charge is 2.42. The van der Waals surface area contributed by atoms with Gasteiger partial charge in [0.05, 0.1) is 5.69 Å². The highest BCUT2D eigenvalue weighted by molar-refractivity contribution is 6.74. The number of hydrogen-bond acceptors (Lipinski definition) is 9. The maximum absolute atomic E-state index is 13.9. The summed E-state index contributed by atoms with van der Waals surface area (Å²) in [6.07, 6.45) is 2.48. The van der Waals surface area contributed by atoms with Crippen molar-refractivity contribution in [3.63, 3.8) is 0 Å². The molecule has 0 radical (unpaired) electrons. The van der Waals surface area contributed by atoms with Gasteiger partial charge in [-0.3, -0.25) is 9.69 Å². The molecule has 0 N–H and O–H groups in total. The van der Waals surface area contributed by atoms with Gasteiger partial charge in [-0.15, -0.1) is 0 Å². The summed E-state index contributed by atoms with van der Waals surface area (Å²) in [7, 11) is -2.50. The molecular weight excluding hydrogens is 582 g/mol. The van der Waals surface area contributed by atoms with Crippen LogP contribution >= 0.6 is 0 Å². The number of esters is 1. The zero-order chi connectivity index (χ0) is 33.2. The van der Waals surface area contributed by atoms with E-state index in [2.05, 4.69) is 33.9 Å². The summed E-state index contributed by atoms with van der Waals surface area (Å²) < 4.78 is 28.8. The third-order valence-corrected chi connectivity index (χ3v) is 12.4. The van der Waals surface area contributed by atoms with E-state index < -0.39 is 56.2 Å². The number of benzene rings is 1. The van der Waals surface area contributed by atoms with E-state index in [1.54, 1.807) is 58.1 Å².